The first-order valence-electron chi connectivity index (χ1n) is 7.93. The second-order valence-corrected chi connectivity index (χ2v) is 6.01. The monoisotopic (exact) mass is 360 g/mol. The Morgan fingerprint density at radius 3 is 2.31 bits per heavy atom. The molecule has 0 saturated heterocycles. The molecule has 2 aromatic rings. The largest absolute Gasteiger partial charge is 0.495 e. The molecule has 0 aliphatic carbocycles. The number of carbonyl (C=O) groups excluding carboxylic acids is 2. The van der Waals surface area contributed by atoms with Crippen molar-refractivity contribution < 1.29 is 23.5 Å². The average Bonchev–Trinajstić information content (AvgIpc) is 2.62. The molecule has 0 bridgehead atoms. The third-order valence-electron chi connectivity index (χ3n) is 3.67. The summed E-state index contributed by atoms with van der Waals surface area (Å²) < 4.78 is 23.9. The zero-order valence-corrected chi connectivity index (χ0v) is 15.1. The molecule has 2 rings (SSSR count). The molecule has 6 nitrogen and oxygen atoms in total. The normalized spacial score (nSPS) is 10.8. The van der Waals surface area contributed by atoms with Crippen LogP contribution in [0.15, 0.2) is 42.5 Å². The highest BCUT2D eigenvalue weighted by Gasteiger charge is 2.31. The molecule has 0 radical (unpaired) electrons. The quantitative estimate of drug-likeness (QED) is 0.830. The van der Waals surface area contributed by atoms with E-state index in [4.69, 9.17) is 9.47 Å². The van der Waals surface area contributed by atoms with Gasteiger partial charge < -0.3 is 20.1 Å². The third-order valence-corrected chi connectivity index (χ3v) is 3.67. The van der Waals surface area contributed by atoms with E-state index >= 15 is 0 Å². The van der Waals surface area contributed by atoms with Crippen molar-refractivity contribution in [3.8, 4) is 11.5 Å². The van der Waals surface area contributed by atoms with Crippen LogP contribution in [0.25, 0.3) is 0 Å². The van der Waals surface area contributed by atoms with E-state index in [-0.39, 0.29) is 5.91 Å². The fourth-order valence-electron chi connectivity index (χ4n) is 2.21. The van der Waals surface area contributed by atoms with Crippen molar-refractivity contribution in [3.63, 3.8) is 0 Å². The molecule has 2 N–H and O–H groups in total. The molecule has 7 heteroatoms. The smallest absolute Gasteiger partial charge is 0.268 e. The summed E-state index contributed by atoms with van der Waals surface area (Å²) in [5.41, 5.74) is -0.526. The van der Waals surface area contributed by atoms with E-state index in [2.05, 4.69) is 10.6 Å². The molecule has 0 fully saturated rings. The maximum Gasteiger partial charge on any atom is 0.268 e. The van der Waals surface area contributed by atoms with E-state index in [0.717, 1.165) is 0 Å². The van der Waals surface area contributed by atoms with Crippen molar-refractivity contribution >= 4 is 17.5 Å². The number of nitrogens with one attached hydrogen (secondary N) is 2. The lowest BCUT2D eigenvalue weighted by Gasteiger charge is -2.26. The Kier molecular flexibility index (Phi) is 5.82. The minimum Gasteiger partial charge on any atom is -0.495 e. The number of methoxy groups -OCH3 is 1. The van der Waals surface area contributed by atoms with Crippen molar-refractivity contribution in [2.75, 3.05) is 19.5 Å². The molecule has 0 aliphatic rings. The molecule has 138 valence electrons. The van der Waals surface area contributed by atoms with Gasteiger partial charge in [-0.3, -0.25) is 9.59 Å². The van der Waals surface area contributed by atoms with E-state index in [1.807, 2.05) is 0 Å². The topological polar surface area (TPSA) is 76.7 Å². The number of amides is 2. The summed E-state index contributed by atoms with van der Waals surface area (Å²) in [6.07, 6.45) is 0. The van der Waals surface area contributed by atoms with Crippen LogP contribution >= 0.6 is 0 Å². The molecule has 0 aliphatic heterocycles. The van der Waals surface area contributed by atoms with Crippen LogP contribution in [0, 0.1) is 5.82 Å². The lowest BCUT2D eigenvalue weighted by atomic mass is 10.1. The highest BCUT2D eigenvalue weighted by molar-refractivity contribution is 6.00. The summed E-state index contributed by atoms with van der Waals surface area (Å²) in [7, 11) is 2.98. The van der Waals surface area contributed by atoms with Gasteiger partial charge in [-0.25, -0.2) is 4.39 Å². The lowest BCUT2D eigenvalue weighted by molar-refractivity contribution is -0.128. The number of hydrogen-bond acceptors (Lipinski definition) is 4. The molecule has 0 atom stereocenters. The number of benzene rings is 2. The SMILES string of the molecule is CNC(=O)c1ccc(OC)c(NC(=O)C(C)(C)Oc2ccc(F)cc2)c1. The summed E-state index contributed by atoms with van der Waals surface area (Å²) in [6, 6.07) is 10.1. The van der Waals surface area contributed by atoms with Crippen molar-refractivity contribution in [1.82, 2.24) is 5.32 Å². The molecule has 0 spiro atoms. The second-order valence-electron chi connectivity index (χ2n) is 6.01. The molecule has 0 heterocycles. The van der Waals surface area contributed by atoms with Crippen molar-refractivity contribution in [1.29, 1.82) is 0 Å². The van der Waals surface area contributed by atoms with Gasteiger partial charge in [-0.05, 0) is 56.3 Å². The van der Waals surface area contributed by atoms with Crippen LogP contribution in [-0.2, 0) is 4.79 Å². The number of ether oxygens (including phenoxy) is 2. The first-order chi connectivity index (χ1) is 12.3. The standard InChI is InChI=1S/C19H21FN2O4/c1-19(2,26-14-8-6-13(20)7-9-14)18(24)22-15-11-12(17(23)21-3)5-10-16(15)25-4/h5-11H,1-4H3,(H,21,23)(H,22,24). The molecule has 0 aromatic heterocycles. The summed E-state index contributed by atoms with van der Waals surface area (Å²) in [4.78, 5) is 24.5. The molecular formula is C19H21FN2O4. The maximum absolute atomic E-state index is 13.0. The number of halogens is 1. The van der Waals surface area contributed by atoms with Gasteiger partial charge in [0, 0.05) is 12.6 Å². The summed E-state index contributed by atoms with van der Waals surface area (Å²) in [5, 5.41) is 5.23. The fourth-order valence-corrected chi connectivity index (χ4v) is 2.21. The zero-order chi connectivity index (χ0) is 19.3. The van der Waals surface area contributed by atoms with Crippen LogP contribution in [0.3, 0.4) is 0 Å². The fraction of sp³-hybridized carbons (Fsp3) is 0.263. The van der Waals surface area contributed by atoms with E-state index in [0.29, 0.717) is 22.7 Å². The van der Waals surface area contributed by atoms with Crippen LogP contribution < -0.4 is 20.1 Å². The molecule has 0 unspecified atom stereocenters. The molecule has 2 aromatic carbocycles. The Morgan fingerprint density at radius 2 is 1.73 bits per heavy atom. The van der Waals surface area contributed by atoms with Crippen LogP contribution in [0.1, 0.15) is 24.2 Å². The van der Waals surface area contributed by atoms with Crippen LogP contribution in [-0.4, -0.2) is 31.6 Å². The van der Waals surface area contributed by atoms with Crippen molar-refractivity contribution in [2.45, 2.75) is 19.4 Å². The van der Waals surface area contributed by atoms with Gasteiger partial charge in [0.25, 0.3) is 11.8 Å². The Morgan fingerprint density at radius 1 is 1.08 bits per heavy atom. The Balaban J connectivity index is 2.21. The van der Waals surface area contributed by atoms with Gasteiger partial charge in [0.05, 0.1) is 12.8 Å². The van der Waals surface area contributed by atoms with Crippen molar-refractivity contribution in [2.24, 2.45) is 0 Å². The second kappa shape index (κ2) is 7.86. The van der Waals surface area contributed by atoms with Gasteiger partial charge >= 0.3 is 0 Å². The lowest BCUT2D eigenvalue weighted by Crippen LogP contribution is -2.42. The van der Waals surface area contributed by atoms with Gasteiger partial charge in [-0.1, -0.05) is 0 Å². The summed E-state index contributed by atoms with van der Waals surface area (Å²) >= 11 is 0. The number of rotatable bonds is 6. The van der Waals surface area contributed by atoms with Crippen molar-refractivity contribution in [3.05, 3.63) is 53.8 Å². The Labute approximate surface area is 151 Å². The first-order valence-corrected chi connectivity index (χ1v) is 7.93. The summed E-state index contributed by atoms with van der Waals surface area (Å²) in [5.74, 6) is -0.365. The van der Waals surface area contributed by atoms with Gasteiger partial charge in [0.15, 0.2) is 5.60 Å². The van der Waals surface area contributed by atoms with Gasteiger partial charge in [-0.15, -0.1) is 0 Å². The number of anilines is 1. The zero-order valence-electron chi connectivity index (χ0n) is 15.1. The molecule has 2 amide bonds. The minimum absolute atomic E-state index is 0.287. The van der Waals surface area contributed by atoms with E-state index in [1.54, 1.807) is 26.0 Å². The first kappa shape index (κ1) is 19.2. The van der Waals surface area contributed by atoms with Crippen LogP contribution in [0.2, 0.25) is 0 Å². The van der Waals surface area contributed by atoms with E-state index < -0.39 is 17.3 Å². The molecule has 26 heavy (non-hydrogen) atoms. The highest BCUT2D eigenvalue weighted by atomic mass is 19.1. The van der Waals surface area contributed by atoms with Crippen LogP contribution in [0.5, 0.6) is 11.5 Å². The van der Waals surface area contributed by atoms with Gasteiger partial charge in [0.1, 0.15) is 17.3 Å². The number of carbonyl (C=O) groups is 2. The highest BCUT2D eigenvalue weighted by Crippen LogP contribution is 2.27. The predicted molar refractivity (Wildman–Crippen MR) is 96.1 cm³/mol. The Bertz CT molecular complexity index is 804. The minimum atomic E-state index is -1.24. The molecule has 0 saturated carbocycles. The number of hydrogen-bond donors (Lipinski definition) is 2. The average molecular weight is 360 g/mol. The van der Waals surface area contributed by atoms with E-state index in [9.17, 15) is 14.0 Å². The van der Waals surface area contributed by atoms with Gasteiger partial charge in [0.2, 0.25) is 0 Å². The van der Waals surface area contributed by atoms with E-state index in [1.165, 1.54) is 44.5 Å². The third kappa shape index (κ3) is 4.50. The molecular weight excluding hydrogens is 339 g/mol. The van der Waals surface area contributed by atoms with Gasteiger partial charge in [-0.2, -0.15) is 0 Å². The summed E-state index contributed by atoms with van der Waals surface area (Å²) in [6.45, 7) is 3.17. The Hall–Kier alpha value is -3.09. The predicted octanol–water partition coefficient (Wildman–Crippen LogP) is 2.99. The maximum atomic E-state index is 13.0. The van der Waals surface area contributed by atoms with Crippen LogP contribution in [0.4, 0.5) is 10.1 Å².